The Morgan fingerprint density at radius 2 is 1.26 bits per heavy atom. The van der Waals surface area contributed by atoms with Gasteiger partial charge >= 0.3 is 0 Å². The Hall–Kier alpha value is -3.01. The van der Waals surface area contributed by atoms with Gasteiger partial charge in [0.25, 0.3) is 0 Å². The molecule has 1 aliphatic rings. The Labute approximate surface area is 266 Å². The molecular weight excluding hydrogens is 639 g/mol. The van der Waals surface area contributed by atoms with Crippen LogP contribution in [0.2, 0.25) is 15.2 Å². The predicted octanol–water partition coefficient (Wildman–Crippen LogP) is 4.90. The summed E-state index contributed by atoms with van der Waals surface area (Å²) in [4.78, 5) is 28.4. The minimum atomic E-state index is 0.212. The Bertz CT molecular complexity index is 1550. The van der Waals surface area contributed by atoms with Gasteiger partial charge in [-0.1, -0.05) is 65.3 Å². The van der Waals surface area contributed by atoms with Crippen LogP contribution in [-0.4, -0.2) is 49.5 Å². The van der Waals surface area contributed by atoms with E-state index in [1.54, 1.807) is 30.7 Å². The molecule has 222 valence electrons. The molecular formula is C25H29Cl3N12S2. The van der Waals surface area contributed by atoms with E-state index in [4.69, 9.17) is 63.5 Å². The van der Waals surface area contributed by atoms with E-state index in [0.717, 1.165) is 36.6 Å². The molecule has 1 fully saturated rings. The minimum absolute atomic E-state index is 0.212. The number of nitrogen functional groups attached to an aromatic ring is 4. The zero-order valence-corrected chi connectivity index (χ0v) is 26.4. The monoisotopic (exact) mass is 666 g/mol. The largest absolute Gasteiger partial charge is 0.382 e. The fourth-order valence-electron chi connectivity index (χ4n) is 3.79. The molecule has 4 aromatic heterocycles. The molecule has 0 aromatic carbocycles. The number of pyridine rings is 2. The van der Waals surface area contributed by atoms with E-state index >= 15 is 0 Å². The quantitative estimate of drug-likeness (QED) is 0.185. The van der Waals surface area contributed by atoms with Crippen LogP contribution in [0, 0.1) is 5.41 Å². The van der Waals surface area contributed by atoms with Gasteiger partial charge in [0.1, 0.15) is 32.7 Å². The molecule has 1 saturated heterocycles. The molecule has 42 heavy (non-hydrogen) atoms. The highest BCUT2D eigenvalue weighted by Gasteiger charge is 2.29. The molecule has 12 nitrogen and oxygen atoms in total. The van der Waals surface area contributed by atoms with Gasteiger partial charge in [0, 0.05) is 35.3 Å². The van der Waals surface area contributed by atoms with Gasteiger partial charge in [-0.25, -0.2) is 29.9 Å². The predicted molar refractivity (Wildman–Crippen MR) is 172 cm³/mol. The summed E-state index contributed by atoms with van der Waals surface area (Å²) in [6.45, 7) is 4.75. The first-order chi connectivity index (χ1) is 20.0. The number of piperidine rings is 1. The van der Waals surface area contributed by atoms with Crippen LogP contribution < -0.4 is 33.6 Å². The molecule has 0 unspecified atom stereocenters. The van der Waals surface area contributed by atoms with E-state index in [9.17, 15) is 0 Å². The maximum atomic E-state index is 6.17. The number of hydrogen-bond acceptors (Lipinski definition) is 14. The van der Waals surface area contributed by atoms with Crippen molar-refractivity contribution in [2.45, 2.75) is 39.6 Å². The third kappa shape index (κ3) is 7.88. The number of hydrogen-bond donors (Lipinski definition) is 5. The van der Waals surface area contributed by atoms with E-state index in [-0.39, 0.29) is 28.0 Å². The molecule has 4 aromatic rings. The third-order valence-electron chi connectivity index (χ3n) is 6.45. The van der Waals surface area contributed by atoms with Crippen molar-refractivity contribution in [1.82, 2.24) is 29.9 Å². The summed E-state index contributed by atoms with van der Waals surface area (Å²) in [5, 5.41) is 2.12. The Kier molecular flexibility index (Phi) is 10.6. The van der Waals surface area contributed by atoms with E-state index in [1.165, 1.54) is 29.7 Å². The molecule has 1 aliphatic heterocycles. The second-order valence-corrected chi connectivity index (χ2v) is 12.7. The molecule has 10 N–H and O–H groups in total. The van der Waals surface area contributed by atoms with E-state index < -0.39 is 0 Å². The molecule has 17 heteroatoms. The number of nitrogens with two attached hydrogens (primary N) is 5. The van der Waals surface area contributed by atoms with Gasteiger partial charge in [0.15, 0.2) is 11.6 Å². The fraction of sp³-hybridized carbons (Fsp3) is 0.280. The summed E-state index contributed by atoms with van der Waals surface area (Å²) >= 11 is 20.4. The van der Waals surface area contributed by atoms with Crippen LogP contribution in [0.5, 0.6) is 0 Å². The normalized spacial score (nSPS) is 14.3. The molecule has 5 rings (SSSR count). The Morgan fingerprint density at radius 3 is 1.74 bits per heavy atom. The summed E-state index contributed by atoms with van der Waals surface area (Å²) in [7, 11) is 0. The average molecular weight is 668 g/mol. The summed E-state index contributed by atoms with van der Waals surface area (Å²) in [6, 6.07) is 3.50. The van der Waals surface area contributed by atoms with E-state index in [2.05, 4.69) is 41.7 Å². The number of aromatic nitrogens is 6. The van der Waals surface area contributed by atoms with Gasteiger partial charge in [-0.2, -0.15) is 0 Å². The lowest BCUT2D eigenvalue weighted by atomic mass is 9.80. The van der Waals surface area contributed by atoms with Crippen LogP contribution in [0.25, 0.3) is 0 Å². The van der Waals surface area contributed by atoms with Crippen LogP contribution in [0.15, 0.2) is 56.8 Å². The smallest absolute Gasteiger partial charge is 0.158 e. The van der Waals surface area contributed by atoms with Crippen molar-refractivity contribution >= 4 is 87.4 Å². The summed E-state index contributed by atoms with van der Waals surface area (Å²) in [6.07, 6.45) is 8.40. The summed E-state index contributed by atoms with van der Waals surface area (Å²) in [5.74, 6) is 1.96. The lowest BCUT2D eigenvalue weighted by Gasteiger charge is -2.39. The highest BCUT2D eigenvalue weighted by molar-refractivity contribution is 7.99. The van der Waals surface area contributed by atoms with Crippen LogP contribution in [-0.2, 0) is 0 Å². The first kappa shape index (κ1) is 31.9. The van der Waals surface area contributed by atoms with Crippen LogP contribution in [0.1, 0.15) is 19.8 Å². The molecule has 0 saturated carbocycles. The summed E-state index contributed by atoms with van der Waals surface area (Å²) < 4.78 is 0. The first-order valence-electron chi connectivity index (χ1n) is 12.5. The van der Waals surface area contributed by atoms with Crippen molar-refractivity contribution < 1.29 is 0 Å². The van der Waals surface area contributed by atoms with Crippen LogP contribution in [0.4, 0.5) is 29.1 Å². The van der Waals surface area contributed by atoms with Gasteiger partial charge in [-0.05, 0) is 36.9 Å². The number of nitrogens with zero attached hydrogens (tertiary/aromatic N) is 7. The Balaban J connectivity index is 0.000000208. The van der Waals surface area contributed by atoms with Gasteiger partial charge in [-0.3, -0.25) is 0 Å². The molecule has 0 spiro atoms. The van der Waals surface area contributed by atoms with Crippen molar-refractivity contribution in [3.63, 3.8) is 0 Å². The zero-order chi connectivity index (χ0) is 30.4. The van der Waals surface area contributed by atoms with Crippen molar-refractivity contribution in [3.8, 4) is 0 Å². The van der Waals surface area contributed by atoms with Crippen LogP contribution >= 0.6 is 58.3 Å². The highest BCUT2D eigenvalue weighted by Crippen LogP contribution is 2.38. The number of halogens is 3. The fourth-order valence-corrected chi connectivity index (χ4v) is 5.96. The van der Waals surface area contributed by atoms with Gasteiger partial charge in [0.2, 0.25) is 0 Å². The van der Waals surface area contributed by atoms with Crippen molar-refractivity contribution in [3.05, 3.63) is 52.1 Å². The van der Waals surface area contributed by atoms with Gasteiger partial charge in [-0.15, -0.1) is 0 Å². The molecule has 0 atom stereocenters. The molecule has 5 heterocycles. The Morgan fingerprint density at radius 1 is 0.762 bits per heavy atom. The molecule has 0 bridgehead atoms. The average Bonchev–Trinajstić information content (AvgIpc) is 2.97. The van der Waals surface area contributed by atoms with E-state index in [1.807, 2.05) is 0 Å². The molecule has 0 amide bonds. The van der Waals surface area contributed by atoms with Crippen molar-refractivity contribution in [2.24, 2.45) is 11.1 Å². The SMILES string of the molecule is CC1(CN)CCN(c2cnc(Sc3ccnc(N)c3Cl)c(N)n2)CC1.Nc1nc(Cl)cnc1Sc1ccnc(N)c1Cl. The second-order valence-electron chi connectivity index (χ2n) is 9.52. The first-order valence-corrected chi connectivity index (χ1v) is 15.3. The molecule has 0 radical (unpaired) electrons. The van der Waals surface area contributed by atoms with Crippen LogP contribution in [0.3, 0.4) is 0 Å². The van der Waals surface area contributed by atoms with Crippen molar-refractivity contribution in [2.75, 3.05) is 47.5 Å². The molecule has 0 aliphatic carbocycles. The van der Waals surface area contributed by atoms with E-state index in [0.29, 0.717) is 37.4 Å². The summed E-state index contributed by atoms with van der Waals surface area (Å²) in [5.41, 5.74) is 29.2. The lowest BCUT2D eigenvalue weighted by Crippen LogP contribution is -2.42. The topological polar surface area (TPSA) is 211 Å². The minimum Gasteiger partial charge on any atom is -0.382 e. The zero-order valence-electron chi connectivity index (χ0n) is 22.5. The third-order valence-corrected chi connectivity index (χ3v) is 9.78. The highest BCUT2D eigenvalue weighted by atomic mass is 35.5. The number of anilines is 5. The van der Waals surface area contributed by atoms with Crippen molar-refractivity contribution in [1.29, 1.82) is 0 Å². The second kappa shape index (κ2) is 14.0. The van der Waals surface area contributed by atoms with Gasteiger partial charge < -0.3 is 33.6 Å². The van der Waals surface area contributed by atoms with Gasteiger partial charge in [0.05, 0.1) is 22.4 Å². The maximum Gasteiger partial charge on any atom is 0.158 e. The lowest BCUT2D eigenvalue weighted by molar-refractivity contribution is 0.258. The number of rotatable bonds is 6. The maximum absolute atomic E-state index is 6.17. The standard InChI is InChI=1S/C16H22ClN7S.C9H7Cl2N5S/c1-16(9-18)3-6-24(7-4-16)11-8-22-15(14(20)23-11)25-10-2-5-21-13(19)12(10)17;10-5-3-15-9(8(13)16-5)17-4-1-2-14-7(12)6(4)11/h2,5,8H,3-4,6-7,9,18H2,1H3,(H2,19,21)(H2,20,23);1-3H,(H2,12,14)(H2,13,16).